The number of carbonyl (C=O) groups is 1. The van der Waals surface area contributed by atoms with Gasteiger partial charge in [-0.2, -0.15) is 8.42 Å². The molecule has 0 aliphatic carbocycles. The van der Waals surface area contributed by atoms with E-state index in [2.05, 4.69) is 21.1 Å². The minimum absolute atomic E-state index is 0.896. The standard InChI is InChI=1S/C9H14O7S/c1-7(10)4-5-9(3,12)6-17(13,14)16-15-8(2)11/h7,10,12H,6H2,1-3H3. The minimum Gasteiger partial charge on any atom is -0.381 e. The van der Waals surface area contributed by atoms with Crippen LogP contribution in [0.4, 0.5) is 0 Å². The normalized spacial score (nSPS) is 16.3. The van der Waals surface area contributed by atoms with Crippen molar-refractivity contribution in [1.29, 1.82) is 0 Å². The average Bonchev–Trinajstić information content (AvgIpc) is 2.10. The molecule has 2 atom stereocenters. The van der Waals surface area contributed by atoms with E-state index in [4.69, 9.17) is 5.11 Å². The molecule has 7 nitrogen and oxygen atoms in total. The van der Waals surface area contributed by atoms with Gasteiger partial charge in [-0.3, -0.25) is 4.89 Å². The molecule has 0 bridgehead atoms. The van der Waals surface area contributed by atoms with Gasteiger partial charge in [0.15, 0.2) is 0 Å². The van der Waals surface area contributed by atoms with Crippen LogP contribution in [0.3, 0.4) is 0 Å². The van der Waals surface area contributed by atoms with E-state index in [9.17, 15) is 18.3 Å². The van der Waals surface area contributed by atoms with Gasteiger partial charge in [0.25, 0.3) is 0 Å². The van der Waals surface area contributed by atoms with Crippen LogP contribution < -0.4 is 0 Å². The Hall–Kier alpha value is -1.14. The first-order chi connectivity index (χ1) is 7.54. The Balaban J connectivity index is 4.61. The van der Waals surface area contributed by atoms with Gasteiger partial charge in [-0.1, -0.05) is 16.2 Å². The Bertz CT molecular complexity index is 424. The molecule has 2 N–H and O–H groups in total. The van der Waals surface area contributed by atoms with Gasteiger partial charge in [-0.25, -0.2) is 4.79 Å². The monoisotopic (exact) mass is 266 g/mol. The first-order valence-electron chi connectivity index (χ1n) is 4.56. The highest BCUT2D eigenvalue weighted by molar-refractivity contribution is 7.86. The molecule has 0 rings (SSSR count). The predicted octanol–water partition coefficient (Wildman–Crippen LogP) is -1.05. The van der Waals surface area contributed by atoms with Crippen LogP contribution in [-0.2, 0) is 24.1 Å². The Morgan fingerprint density at radius 1 is 1.53 bits per heavy atom. The molecule has 8 heteroatoms. The maximum atomic E-state index is 11.2. The molecule has 0 radical (unpaired) electrons. The smallest absolute Gasteiger partial charge is 0.340 e. The third kappa shape index (κ3) is 8.65. The van der Waals surface area contributed by atoms with Crippen LogP contribution in [0.5, 0.6) is 0 Å². The summed E-state index contributed by atoms with van der Waals surface area (Å²) in [5.74, 6) is 2.52. The van der Waals surface area contributed by atoms with Crippen molar-refractivity contribution in [2.45, 2.75) is 32.5 Å². The maximum absolute atomic E-state index is 11.2. The lowest BCUT2D eigenvalue weighted by Crippen LogP contribution is -2.33. The summed E-state index contributed by atoms with van der Waals surface area (Å²) < 4.78 is 26.3. The summed E-state index contributed by atoms with van der Waals surface area (Å²) in [6.45, 7) is 3.44. The van der Waals surface area contributed by atoms with E-state index in [1.807, 2.05) is 0 Å². The lowest BCUT2D eigenvalue weighted by atomic mass is 10.1. The van der Waals surface area contributed by atoms with E-state index in [0.717, 1.165) is 13.8 Å². The SMILES string of the molecule is CC(=O)OOS(=O)(=O)CC(C)(O)C#CC(C)O. The number of hydrogen-bond acceptors (Lipinski definition) is 7. The highest BCUT2D eigenvalue weighted by Crippen LogP contribution is 2.08. The molecular formula is C9H14O7S. The van der Waals surface area contributed by atoms with Gasteiger partial charge in [0.05, 0.1) is 0 Å². The van der Waals surface area contributed by atoms with Crippen LogP contribution in [0.1, 0.15) is 20.8 Å². The first kappa shape index (κ1) is 15.9. The average molecular weight is 266 g/mol. The van der Waals surface area contributed by atoms with Crippen molar-refractivity contribution in [3.63, 3.8) is 0 Å². The van der Waals surface area contributed by atoms with Crippen molar-refractivity contribution >= 4 is 16.1 Å². The summed E-state index contributed by atoms with van der Waals surface area (Å²) in [5, 5.41) is 18.4. The van der Waals surface area contributed by atoms with Gasteiger partial charge in [0.1, 0.15) is 17.5 Å². The Morgan fingerprint density at radius 3 is 2.47 bits per heavy atom. The van der Waals surface area contributed by atoms with E-state index >= 15 is 0 Å². The molecule has 0 aliphatic rings. The fourth-order valence-corrected chi connectivity index (χ4v) is 1.77. The summed E-state index contributed by atoms with van der Waals surface area (Å²) in [6.07, 6.45) is -1.00. The van der Waals surface area contributed by atoms with Gasteiger partial charge in [0, 0.05) is 6.92 Å². The Labute approximate surface area is 99.4 Å². The summed E-state index contributed by atoms with van der Waals surface area (Å²) in [7, 11) is -4.26. The fraction of sp³-hybridized carbons (Fsp3) is 0.667. The zero-order valence-corrected chi connectivity index (χ0v) is 10.4. The summed E-state index contributed by atoms with van der Waals surface area (Å²) in [5.41, 5.74) is -1.92. The maximum Gasteiger partial charge on any atom is 0.340 e. The van der Waals surface area contributed by atoms with Gasteiger partial charge in [-0.15, -0.1) is 0 Å². The van der Waals surface area contributed by atoms with Crippen molar-refractivity contribution in [1.82, 2.24) is 0 Å². The largest absolute Gasteiger partial charge is 0.381 e. The van der Waals surface area contributed by atoms with Crippen molar-refractivity contribution < 1.29 is 32.6 Å². The van der Waals surface area contributed by atoms with Crippen LogP contribution in [-0.4, -0.2) is 42.1 Å². The summed E-state index contributed by atoms with van der Waals surface area (Å²) >= 11 is 0. The van der Waals surface area contributed by atoms with Crippen molar-refractivity contribution in [2.24, 2.45) is 0 Å². The number of carbonyl (C=O) groups excluding carboxylic acids is 1. The van der Waals surface area contributed by atoms with E-state index in [0.29, 0.717) is 0 Å². The second-order valence-electron chi connectivity index (χ2n) is 3.56. The zero-order chi connectivity index (χ0) is 13.7. The molecule has 0 aliphatic heterocycles. The lowest BCUT2D eigenvalue weighted by Gasteiger charge is -2.15. The fourth-order valence-electron chi connectivity index (χ4n) is 0.764. The number of hydrogen-bond donors (Lipinski definition) is 2. The van der Waals surface area contributed by atoms with Gasteiger partial charge in [0.2, 0.25) is 0 Å². The molecule has 0 fully saturated rings. The van der Waals surface area contributed by atoms with E-state index in [1.54, 1.807) is 0 Å². The summed E-state index contributed by atoms with van der Waals surface area (Å²) in [6, 6.07) is 0. The number of aliphatic hydroxyl groups excluding tert-OH is 1. The van der Waals surface area contributed by atoms with Crippen LogP contribution in [0.2, 0.25) is 0 Å². The van der Waals surface area contributed by atoms with E-state index in [-0.39, 0.29) is 0 Å². The van der Waals surface area contributed by atoms with Crippen molar-refractivity contribution in [3.8, 4) is 11.8 Å². The molecule has 0 aromatic carbocycles. The van der Waals surface area contributed by atoms with Crippen molar-refractivity contribution in [2.75, 3.05) is 5.75 Å². The Kier molecular flexibility index (Phi) is 5.57. The molecule has 0 aromatic heterocycles. The molecule has 0 aromatic rings. The molecule has 98 valence electrons. The second-order valence-corrected chi connectivity index (χ2v) is 5.10. The Morgan fingerprint density at radius 2 is 2.06 bits per heavy atom. The highest BCUT2D eigenvalue weighted by Gasteiger charge is 2.29. The quantitative estimate of drug-likeness (QED) is 0.379. The van der Waals surface area contributed by atoms with E-state index < -0.39 is 33.5 Å². The third-order valence-electron chi connectivity index (χ3n) is 1.26. The topological polar surface area (TPSA) is 110 Å². The number of rotatable bonds is 4. The molecule has 0 saturated carbocycles. The van der Waals surface area contributed by atoms with Crippen molar-refractivity contribution in [3.05, 3.63) is 0 Å². The highest BCUT2D eigenvalue weighted by atomic mass is 32.2. The molecule has 17 heavy (non-hydrogen) atoms. The van der Waals surface area contributed by atoms with Gasteiger partial charge < -0.3 is 10.2 Å². The van der Waals surface area contributed by atoms with Crippen LogP contribution in [0.15, 0.2) is 0 Å². The molecule has 0 saturated heterocycles. The molecule has 0 spiro atoms. The number of aliphatic hydroxyl groups is 2. The van der Waals surface area contributed by atoms with Crippen LogP contribution in [0.25, 0.3) is 0 Å². The molecule has 2 unspecified atom stereocenters. The third-order valence-corrected chi connectivity index (χ3v) is 2.45. The molecule has 0 heterocycles. The minimum atomic E-state index is -4.26. The van der Waals surface area contributed by atoms with Gasteiger partial charge in [-0.05, 0) is 13.8 Å². The first-order valence-corrected chi connectivity index (χ1v) is 6.14. The summed E-state index contributed by atoms with van der Waals surface area (Å²) in [4.78, 5) is 14.2. The molecule has 0 amide bonds. The van der Waals surface area contributed by atoms with Crippen LogP contribution >= 0.6 is 0 Å². The predicted molar refractivity (Wildman–Crippen MR) is 56.7 cm³/mol. The molecular weight excluding hydrogens is 252 g/mol. The lowest BCUT2D eigenvalue weighted by molar-refractivity contribution is -0.208. The van der Waals surface area contributed by atoms with Gasteiger partial charge >= 0.3 is 16.1 Å². The van der Waals surface area contributed by atoms with E-state index in [1.165, 1.54) is 6.92 Å². The zero-order valence-electron chi connectivity index (χ0n) is 9.63. The van der Waals surface area contributed by atoms with Crippen LogP contribution in [0, 0.1) is 11.8 Å². The second kappa shape index (κ2) is 5.97.